The van der Waals surface area contributed by atoms with Gasteiger partial charge in [0.15, 0.2) is 0 Å². The van der Waals surface area contributed by atoms with E-state index in [4.69, 9.17) is 14.6 Å². The highest BCUT2D eigenvalue weighted by Crippen LogP contribution is 2.29. The molecule has 0 spiro atoms. The van der Waals surface area contributed by atoms with Gasteiger partial charge in [0.2, 0.25) is 0 Å². The van der Waals surface area contributed by atoms with Crippen molar-refractivity contribution in [1.29, 1.82) is 0 Å². The topological polar surface area (TPSA) is 88.8 Å². The van der Waals surface area contributed by atoms with Gasteiger partial charge in [-0.05, 0) is 50.5 Å². The van der Waals surface area contributed by atoms with Gasteiger partial charge in [0.25, 0.3) is 10.0 Å². The number of likely N-dealkylation sites (N-methyl/N-ethyl adjacent to an activating group) is 1. The number of fused-ring (bicyclic) bond motifs is 1. The first-order chi connectivity index (χ1) is 14.8. The van der Waals surface area contributed by atoms with Crippen molar-refractivity contribution >= 4 is 26.9 Å². The second kappa shape index (κ2) is 10.0. The molecule has 0 aliphatic carbocycles. The molecule has 7 nitrogen and oxygen atoms in total. The van der Waals surface area contributed by atoms with Crippen LogP contribution in [-0.2, 0) is 14.8 Å². The molecule has 174 valence electrons. The number of aliphatic carboxylic acids is 1. The van der Waals surface area contributed by atoms with Crippen LogP contribution in [0.25, 0.3) is 10.9 Å². The number of benzene rings is 2. The molecule has 32 heavy (non-hydrogen) atoms. The van der Waals surface area contributed by atoms with Gasteiger partial charge in [-0.25, -0.2) is 21.6 Å². The number of hydrogen-bond donors (Lipinski definition) is 1. The molecular weight excluding hydrogens is 456 g/mol. The van der Waals surface area contributed by atoms with Gasteiger partial charge in [0.05, 0.1) is 10.4 Å². The van der Waals surface area contributed by atoms with Crippen molar-refractivity contribution in [2.24, 2.45) is 0 Å². The fourth-order valence-corrected chi connectivity index (χ4v) is 3.91. The zero-order valence-corrected chi connectivity index (χ0v) is 17.8. The van der Waals surface area contributed by atoms with E-state index in [2.05, 4.69) is 0 Å². The fourth-order valence-electron chi connectivity index (χ4n) is 2.53. The molecule has 3 rings (SSSR count). The first-order valence-electron chi connectivity index (χ1n) is 9.03. The summed E-state index contributed by atoms with van der Waals surface area (Å²) in [5, 5.41) is 7.82. The van der Waals surface area contributed by atoms with Crippen molar-refractivity contribution in [2.45, 2.75) is 11.1 Å². The Hall–Kier alpha value is -3.12. The molecule has 1 N–H and O–H groups in total. The molecule has 1 heterocycles. The highest BCUT2D eigenvalue weighted by Gasteiger charge is 2.38. The largest absolute Gasteiger partial charge is 0.492 e. The smallest absolute Gasteiger partial charge is 0.490 e. The van der Waals surface area contributed by atoms with Crippen molar-refractivity contribution in [3.63, 3.8) is 0 Å². The summed E-state index contributed by atoms with van der Waals surface area (Å²) in [6.45, 7) is 1.24. The minimum absolute atomic E-state index is 0.0936. The van der Waals surface area contributed by atoms with Crippen LogP contribution in [0.2, 0.25) is 0 Å². The third-order valence-electron chi connectivity index (χ3n) is 4.05. The monoisotopic (exact) mass is 476 g/mol. The Morgan fingerprint density at radius 3 is 2.31 bits per heavy atom. The number of carbonyl (C=O) groups is 1. The van der Waals surface area contributed by atoms with Gasteiger partial charge in [-0.2, -0.15) is 13.2 Å². The number of rotatable bonds is 6. The van der Waals surface area contributed by atoms with Gasteiger partial charge in [0.1, 0.15) is 18.2 Å². The average Bonchev–Trinajstić information content (AvgIpc) is 3.13. The zero-order chi connectivity index (χ0) is 24.1. The third kappa shape index (κ3) is 6.20. The Kier molecular flexibility index (Phi) is 7.86. The van der Waals surface area contributed by atoms with E-state index in [-0.39, 0.29) is 4.90 Å². The van der Waals surface area contributed by atoms with Crippen LogP contribution in [0.3, 0.4) is 0 Å². The second-order valence-electron chi connectivity index (χ2n) is 6.72. The molecule has 0 aliphatic rings. The first-order valence-corrected chi connectivity index (χ1v) is 10.5. The summed E-state index contributed by atoms with van der Waals surface area (Å²) in [6.07, 6.45) is -3.62. The summed E-state index contributed by atoms with van der Waals surface area (Å²) in [7, 11) is 0.0182. The highest BCUT2D eigenvalue weighted by molar-refractivity contribution is 7.90. The van der Waals surface area contributed by atoms with E-state index >= 15 is 0 Å². The Labute approximate surface area is 181 Å². The Balaban J connectivity index is 0.000000451. The molecule has 1 aromatic heterocycles. The van der Waals surface area contributed by atoms with Crippen LogP contribution in [0.15, 0.2) is 59.6 Å². The SMILES string of the molecule is CN(C)CCOc1cccc2c1ccn2S(=O)(=O)c1cccc(F)c1.O=C(O)C(F)(F)F. The van der Waals surface area contributed by atoms with Crippen molar-refractivity contribution in [2.75, 3.05) is 27.2 Å². The van der Waals surface area contributed by atoms with Crippen LogP contribution in [0.4, 0.5) is 17.6 Å². The van der Waals surface area contributed by atoms with Crippen molar-refractivity contribution in [1.82, 2.24) is 8.87 Å². The molecular formula is C20H20F4N2O5S. The maximum atomic E-state index is 13.4. The predicted molar refractivity (Wildman–Crippen MR) is 109 cm³/mol. The van der Waals surface area contributed by atoms with Crippen LogP contribution < -0.4 is 4.74 Å². The molecule has 0 saturated heterocycles. The predicted octanol–water partition coefficient (Wildman–Crippen LogP) is 3.59. The van der Waals surface area contributed by atoms with Gasteiger partial charge < -0.3 is 14.7 Å². The second-order valence-corrected chi connectivity index (χ2v) is 8.53. The molecule has 0 unspecified atom stereocenters. The summed E-state index contributed by atoms with van der Waals surface area (Å²) < 4.78 is 77.7. The number of aromatic nitrogens is 1. The molecule has 3 aromatic rings. The maximum Gasteiger partial charge on any atom is 0.490 e. The highest BCUT2D eigenvalue weighted by atomic mass is 32.2. The minimum atomic E-state index is -5.08. The van der Waals surface area contributed by atoms with Crippen LogP contribution >= 0.6 is 0 Å². The zero-order valence-electron chi connectivity index (χ0n) is 17.0. The van der Waals surface area contributed by atoms with Gasteiger partial charge in [-0.1, -0.05) is 12.1 Å². The summed E-state index contributed by atoms with van der Waals surface area (Å²) in [4.78, 5) is 10.8. The lowest BCUT2D eigenvalue weighted by Gasteiger charge is -2.12. The molecule has 0 radical (unpaired) electrons. The van der Waals surface area contributed by atoms with Crippen LogP contribution in [0.1, 0.15) is 0 Å². The van der Waals surface area contributed by atoms with Crippen LogP contribution in [0, 0.1) is 5.82 Å². The van der Waals surface area contributed by atoms with E-state index in [0.29, 0.717) is 23.3 Å². The molecule has 2 aromatic carbocycles. The molecule has 0 aliphatic heterocycles. The van der Waals surface area contributed by atoms with Crippen LogP contribution in [0.5, 0.6) is 5.75 Å². The third-order valence-corrected chi connectivity index (χ3v) is 5.73. The number of halogens is 4. The number of ether oxygens (including phenoxy) is 1. The number of carboxylic acids is 1. The van der Waals surface area contributed by atoms with Crippen molar-refractivity contribution in [3.8, 4) is 5.75 Å². The molecule has 0 bridgehead atoms. The molecule has 0 saturated carbocycles. The van der Waals surface area contributed by atoms with E-state index in [1.54, 1.807) is 24.3 Å². The van der Waals surface area contributed by atoms with Gasteiger partial charge in [0, 0.05) is 18.1 Å². The lowest BCUT2D eigenvalue weighted by atomic mass is 10.2. The average molecular weight is 476 g/mol. The molecule has 0 amide bonds. The minimum Gasteiger partial charge on any atom is -0.492 e. The number of nitrogens with zero attached hydrogens (tertiary/aromatic N) is 2. The summed E-state index contributed by atoms with van der Waals surface area (Å²) in [5.41, 5.74) is 0.492. The molecule has 0 atom stereocenters. The fraction of sp³-hybridized carbons (Fsp3) is 0.250. The van der Waals surface area contributed by atoms with E-state index in [1.807, 2.05) is 19.0 Å². The van der Waals surface area contributed by atoms with E-state index < -0.39 is 28.0 Å². The molecule has 12 heteroatoms. The first kappa shape index (κ1) is 25.1. The van der Waals surface area contributed by atoms with Gasteiger partial charge in [-0.15, -0.1) is 0 Å². The maximum absolute atomic E-state index is 13.4. The van der Waals surface area contributed by atoms with Crippen LogP contribution in [-0.4, -0.2) is 61.8 Å². The van der Waals surface area contributed by atoms with E-state index in [0.717, 1.165) is 16.6 Å². The lowest BCUT2D eigenvalue weighted by molar-refractivity contribution is -0.192. The Morgan fingerprint density at radius 1 is 1.12 bits per heavy atom. The summed E-state index contributed by atoms with van der Waals surface area (Å²) >= 11 is 0. The Bertz CT molecular complexity index is 1190. The normalized spacial score (nSPS) is 11.8. The number of carboxylic acid groups (broad SMARTS) is 1. The van der Waals surface area contributed by atoms with E-state index in [1.165, 1.54) is 24.4 Å². The lowest BCUT2D eigenvalue weighted by Crippen LogP contribution is -2.21. The van der Waals surface area contributed by atoms with E-state index in [9.17, 15) is 26.0 Å². The van der Waals surface area contributed by atoms with Crippen molar-refractivity contribution in [3.05, 3.63) is 60.5 Å². The van der Waals surface area contributed by atoms with Crippen molar-refractivity contribution < 1.29 is 40.6 Å². The van der Waals surface area contributed by atoms with Gasteiger partial charge in [-0.3, -0.25) is 0 Å². The number of hydrogen-bond acceptors (Lipinski definition) is 5. The Morgan fingerprint density at radius 2 is 1.75 bits per heavy atom. The standard InChI is InChI=1S/C18H19FN2O3S.C2HF3O2/c1-20(2)11-12-24-18-8-4-7-17-16(18)9-10-21(17)25(22,23)15-6-3-5-14(19)13-15;3-2(4,5)1(6)7/h3-10,13H,11-12H2,1-2H3;(H,6,7). The summed E-state index contributed by atoms with van der Waals surface area (Å²) in [6, 6.07) is 11.9. The number of alkyl halides is 3. The quantitative estimate of drug-likeness (QED) is 0.547. The summed E-state index contributed by atoms with van der Waals surface area (Å²) in [5.74, 6) is -2.73. The van der Waals surface area contributed by atoms with Gasteiger partial charge >= 0.3 is 12.1 Å². The molecule has 0 fully saturated rings.